The number of nitrogens with zero attached hydrogens (tertiary/aromatic N) is 2. The first kappa shape index (κ1) is 18.7. The molecule has 2 amide bonds. The van der Waals surface area contributed by atoms with E-state index in [1.807, 2.05) is 58.1 Å². The molecule has 144 valence electrons. The third-order valence-electron chi connectivity index (χ3n) is 4.59. The smallest absolute Gasteiger partial charge is 0.265 e. The monoisotopic (exact) mass is 412 g/mol. The summed E-state index contributed by atoms with van der Waals surface area (Å²) in [4.78, 5) is 31.3. The molecule has 3 heterocycles. The zero-order chi connectivity index (χ0) is 19.3. The van der Waals surface area contributed by atoms with Gasteiger partial charge in [0.2, 0.25) is 5.91 Å². The molecule has 0 spiro atoms. The van der Waals surface area contributed by atoms with Crippen LogP contribution in [0, 0.1) is 0 Å². The highest BCUT2D eigenvalue weighted by atomic mass is 32.1. The third kappa shape index (κ3) is 4.26. The minimum atomic E-state index is -0.193. The lowest BCUT2D eigenvalue weighted by molar-refractivity contribution is -0.132. The fourth-order valence-corrected chi connectivity index (χ4v) is 4.56. The predicted octanol–water partition coefficient (Wildman–Crippen LogP) is 3.81. The van der Waals surface area contributed by atoms with Gasteiger partial charge < -0.3 is 9.64 Å². The molecule has 0 atom stereocenters. The topological polar surface area (TPSA) is 49.9 Å². The molecule has 0 unspecified atom stereocenters. The van der Waals surface area contributed by atoms with Crippen LogP contribution in [-0.4, -0.2) is 36.4 Å². The second-order valence-electron chi connectivity index (χ2n) is 6.46. The molecule has 5 nitrogen and oxygen atoms in total. The highest BCUT2D eigenvalue weighted by Gasteiger charge is 2.28. The van der Waals surface area contributed by atoms with E-state index in [1.54, 1.807) is 22.7 Å². The molecule has 7 heteroatoms. The number of fused-ring (bicyclic) bond motifs is 1. The number of hydrogen-bond donors (Lipinski definition) is 0. The standard InChI is InChI=1S/C21H20N2O3S2/c24-20(14-23-18-7-1-2-8-19(18)26-15-21(23)25)22(13-17-6-4-12-28-17)10-9-16-5-3-11-27-16/h1-8,11-12H,9-10,13-15H2. The Balaban J connectivity index is 1.50. The maximum atomic E-state index is 13.2. The average Bonchev–Trinajstić information content (AvgIpc) is 3.41. The number of ether oxygens (including phenoxy) is 1. The number of amides is 2. The molecule has 0 fully saturated rings. The van der Waals surface area contributed by atoms with Crippen molar-refractivity contribution in [2.75, 3.05) is 24.6 Å². The van der Waals surface area contributed by atoms with Crippen molar-refractivity contribution in [3.8, 4) is 5.75 Å². The molecule has 1 aliphatic rings. The van der Waals surface area contributed by atoms with Crippen molar-refractivity contribution in [1.82, 2.24) is 4.90 Å². The summed E-state index contributed by atoms with van der Waals surface area (Å²) in [5, 5.41) is 4.06. The van der Waals surface area contributed by atoms with E-state index >= 15 is 0 Å². The number of hydrogen-bond acceptors (Lipinski definition) is 5. The zero-order valence-electron chi connectivity index (χ0n) is 15.2. The molecule has 28 heavy (non-hydrogen) atoms. The van der Waals surface area contributed by atoms with E-state index in [0.717, 1.165) is 11.3 Å². The largest absolute Gasteiger partial charge is 0.482 e. The van der Waals surface area contributed by atoms with Crippen LogP contribution in [0.4, 0.5) is 5.69 Å². The van der Waals surface area contributed by atoms with E-state index < -0.39 is 0 Å². The molecule has 0 radical (unpaired) electrons. The number of carbonyl (C=O) groups is 2. The summed E-state index contributed by atoms with van der Waals surface area (Å²) >= 11 is 3.33. The number of carbonyl (C=O) groups excluding carboxylic acids is 2. The molecule has 0 saturated carbocycles. The highest BCUT2D eigenvalue weighted by Crippen LogP contribution is 2.31. The van der Waals surface area contributed by atoms with Gasteiger partial charge in [-0.3, -0.25) is 14.5 Å². The quantitative estimate of drug-likeness (QED) is 0.593. The van der Waals surface area contributed by atoms with Crippen LogP contribution >= 0.6 is 22.7 Å². The summed E-state index contributed by atoms with van der Waals surface area (Å²) in [6.07, 6.45) is 0.808. The Labute approximate surface area is 171 Å². The van der Waals surface area contributed by atoms with E-state index in [2.05, 4.69) is 6.07 Å². The van der Waals surface area contributed by atoms with E-state index in [-0.39, 0.29) is 25.0 Å². The Kier molecular flexibility index (Phi) is 5.73. The van der Waals surface area contributed by atoms with Gasteiger partial charge in [-0.25, -0.2) is 0 Å². The molecular formula is C21H20N2O3S2. The van der Waals surface area contributed by atoms with E-state index in [4.69, 9.17) is 4.74 Å². The molecule has 0 N–H and O–H groups in total. The first-order chi connectivity index (χ1) is 13.7. The zero-order valence-corrected chi connectivity index (χ0v) is 16.9. The van der Waals surface area contributed by atoms with Crippen molar-refractivity contribution in [2.45, 2.75) is 13.0 Å². The summed E-state index contributed by atoms with van der Waals surface area (Å²) in [7, 11) is 0. The summed E-state index contributed by atoms with van der Waals surface area (Å²) in [6.45, 7) is 1.17. The minimum absolute atomic E-state index is 0.0228. The highest BCUT2D eigenvalue weighted by molar-refractivity contribution is 7.10. The first-order valence-electron chi connectivity index (χ1n) is 9.05. The number of rotatable bonds is 7. The average molecular weight is 413 g/mol. The maximum Gasteiger partial charge on any atom is 0.265 e. The summed E-state index contributed by atoms with van der Waals surface area (Å²) in [5.74, 6) is 0.384. The van der Waals surface area contributed by atoms with Gasteiger partial charge in [-0.05, 0) is 41.4 Å². The van der Waals surface area contributed by atoms with Crippen LogP contribution < -0.4 is 9.64 Å². The van der Waals surface area contributed by atoms with E-state index in [9.17, 15) is 9.59 Å². The lowest BCUT2D eigenvalue weighted by Gasteiger charge is -2.31. The van der Waals surface area contributed by atoms with Gasteiger partial charge in [-0.2, -0.15) is 0 Å². The molecule has 1 aromatic carbocycles. The Morgan fingerprint density at radius 3 is 2.54 bits per heavy atom. The molecule has 4 rings (SSSR count). The van der Waals surface area contributed by atoms with Gasteiger partial charge >= 0.3 is 0 Å². The Hall–Kier alpha value is -2.64. The molecule has 1 aliphatic heterocycles. The first-order valence-corrected chi connectivity index (χ1v) is 10.8. The second-order valence-corrected chi connectivity index (χ2v) is 8.52. The number of para-hydroxylation sites is 2. The van der Waals surface area contributed by atoms with Crippen molar-refractivity contribution in [3.05, 3.63) is 69.0 Å². The second kappa shape index (κ2) is 8.58. The lowest BCUT2D eigenvalue weighted by Crippen LogP contribution is -2.46. The molecule has 3 aromatic rings. The molecule has 2 aromatic heterocycles. The maximum absolute atomic E-state index is 13.2. The Morgan fingerprint density at radius 2 is 1.79 bits per heavy atom. The van der Waals surface area contributed by atoms with Crippen LogP contribution in [0.25, 0.3) is 0 Å². The molecule has 0 saturated heterocycles. The van der Waals surface area contributed by atoms with Gasteiger partial charge in [0, 0.05) is 16.3 Å². The number of benzene rings is 1. The van der Waals surface area contributed by atoms with Crippen LogP contribution in [0.2, 0.25) is 0 Å². The van der Waals surface area contributed by atoms with Crippen LogP contribution in [0.3, 0.4) is 0 Å². The SMILES string of the molecule is O=C(CN1C(=O)COc2ccccc21)N(CCc1cccs1)Cc1cccs1. The van der Waals surface area contributed by atoms with E-state index in [1.165, 1.54) is 9.78 Å². The fraction of sp³-hybridized carbons (Fsp3) is 0.238. The number of thiophene rings is 2. The van der Waals surface area contributed by atoms with Gasteiger partial charge in [0.25, 0.3) is 5.91 Å². The molecule has 0 bridgehead atoms. The van der Waals surface area contributed by atoms with Crippen molar-refractivity contribution in [3.63, 3.8) is 0 Å². The van der Waals surface area contributed by atoms with E-state index in [0.29, 0.717) is 24.5 Å². The summed E-state index contributed by atoms with van der Waals surface area (Å²) in [6, 6.07) is 15.5. The number of anilines is 1. The normalized spacial score (nSPS) is 13.1. The van der Waals surface area contributed by atoms with Gasteiger partial charge in [0.1, 0.15) is 12.3 Å². The van der Waals surface area contributed by atoms with Gasteiger partial charge in [0.15, 0.2) is 6.61 Å². The van der Waals surface area contributed by atoms with Crippen LogP contribution in [0.15, 0.2) is 59.3 Å². The van der Waals surface area contributed by atoms with Crippen LogP contribution in [0.5, 0.6) is 5.75 Å². The van der Waals surface area contributed by atoms with Crippen molar-refractivity contribution < 1.29 is 14.3 Å². The van der Waals surface area contributed by atoms with Crippen molar-refractivity contribution >= 4 is 40.2 Å². The lowest BCUT2D eigenvalue weighted by atomic mass is 10.2. The Bertz CT molecular complexity index is 938. The van der Waals surface area contributed by atoms with Crippen LogP contribution in [-0.2, 0) is 22.6 Å². The summed E-state index contributed by atoms with van der Waals surface area (Å²) in [5.41, 5.74) is 0.654. The third-order valence-corrected chi connectivity index (χ3v) is 6.39. The fourth-order valence-electron chi connectivity index (χ4n) is 3.15. The van der Waals surface area contributed by atoms with Crippen molar-refractivity contribution in [2.24, 2.45) is 0 Å². The van der Waals surface area contributed by atoms with Crippen molar-refractivity contribution in [1.29, 1.82) is 0 Å². The van der Waals surface area contributed by atoms with Gasteiger partial charge in [-0.1, -0.05) is 24.3 Å². The van der Waals surface area contributed by atoms with Gasteiger partial charge in [0.05, 0.1) is 12.2 Å². The van der Waals surface area contributed by atoms with Crippen LogP contribution in [0.1, 0.15) is 9.75 Å². The molecular weight excluding hydrogens is 392 g/mol. The Morgan fingerprint density at radius 1 is 1.04 bits per heavy atom. The molecule has 0 aliphatic carbocycles. The minimum Gasteiger partial charge on any atom is -0.482 e. The summed E-state index contributed by atoms with van der Waals surface area (Å²) < 4.78 is 5.48. The van der Waals surface area contributed by atoms with Gasteiger partial charge in [-0.15, -0.1) is 22.7 Å². The predicted molar refractivity (Wildman–Crippen MR) is 112 cm³/mol.